The molecule has 0 bridgehead atoms. The Bertz CT molecular complexity index is 1080. The maximum atomic E-state index is 12.8. The molecule has 3 rings (SSSR count). The summed E-state index contributed by atoms with van der Waals surface area (Å²) >= 11 is 0. The van der Waals surface area contributed by atoms with Gasteiger partial charge in [0.2, 0.25) is 0 Å². The molecule has 180 valence electrons. The molecule has 0 aliphatic carbocycles. The molecule has 2 aromatic carbocycles. The van der Waals surface area contributed by atoms with Gasteiger partial charge in [0, 0.05) is 17.3 Å². The molecule has 0 N–H and O–H groups in total. The summed E-state index contributed by atoms with van der Waals surface area (Å²) < 4.78 is 49.5. The molecule has 0 fully saturated rings. The summed E-state index contributed by atoms with van der Waals surface area (Å²) in [6, 6.07) is 15.4. The van der Waals surface area contributed by atoms with Gasteiger partial charge >= 0.3 is 12.1 Å². The van der Waals surface area contributed by atoms with E-state index in [0.717, 1.165) is 30.5 Å². The molecule has 0 saturated carbocycles. The maximum Gasteiger partial charge on any atom is 0.416 e. The smallest absolute Gasteiger partial charge is 0.416 e. The van der Waals surface area contributed by atoms with Gasteiger partial charge in [-0.3, -0.25) is 4.98 Å². The second-order valence-corrected chi connectivity index (χ2v) is 9.27. The second kappa shape index (κ2) is 10.3. The van der Waals surface area contributed by atoms with E-state index in [2.05, 4.69) is 25.8 Å². The van der Waals surface area contributed by atoms with Crippen LogP contribution in [0.2, 0.25) is 0 Å². The van der Waals surface area contributed by atoms with Crippen molar-refractivity contribution in [3.63, 3.8) is 0 Å². The summed E-state index contributed by atoms with van der Waals surface area (Å²) in [5.74, 6) is 0.192. The molecular formula is C27H28F3NO3. The van der Waals surface area contributed by atoms with Crippen molar-refractivity contribution in [2.75, 3.05) is 7.11 Å². The average molecular weight is 472 g/mol. The highest BCUT2D eigenvalue weighted by molar-refractivity contribution is 5.89. The van der Waals surface area contributed by atoms with E-state index in [1.165, 1.54) is 19.2 Å². The average Bonchev–Trinajstić information content (AvgIpc) is 2.81. The minimum Gasteiger partial charge on any atom is -0.486 e. The Balaban J connectivity index is 1.81. The van der Waals surface area contributed by atoms with Crippen molar-refractivity contribution in [1.82, 2.24) is 4.98 Å². The lowest BCUT2D eigenvalue weighted by Crippen LogP contribution is -2.13. The fourth-order valence-electron chi connectivity index (χ4n) is 3.41. The van der Waals surface area contributed by atoms with E-state index in [-0.39, 0.29) is 11.5 Å². The predicted octanol–water partition coefficient (Wildman–Crippen LogP) is 7.50. The molecule has 0 aliphatic heterocycles. The first kappa shape index (κ1) is 25.3. The number of carbonyl (C=O) groups excluding carboxylic acids is 1. The number of ether oxygens (including phenoxy) is 2. The van der Waals surface area contributed by atoms with Gasteiger partial charge < -0.3 is 9.47 Å². The van der Waals surface area contributed by atoms with E-state index in [4.69, 9.17) is 9.47 Å². The van der Waals surface area contributed by atoms with Gasteiger partial charge in [-0.15, -0.1) is 0 Å². The molecule has 1 atom stereocenters. The summed E-state index contributed by atoms with van der Waals surface area (Å²) in [5.41, 5.74) is 1.88. The quantitative estimate of drug-likeness (QED) is 0.335. The van der Waals surface area contributed by atoms with Gasteiger partial charge in [0.1, 0.15) is 11.9 Å². The minimum atomic E-state index is -4.37. The maximum absolute atomic E-state index is 12.8. The zero-order valence-electron chi connectivity index (χ0n) is 19.6. The van der Waals surface area contributed by atoms with E-state index in [1.54, 1.807) is 36.5 Å². The standard InChI is InChI=1S/C27H28F3NO3/c1-26(2,3)16-15-24(34-22-12-7-19(8-13-22)25(32)33-4)20-9-14-23(31-17-20)18-5-10-21(11-6-18)27(28,29)30/h5-14,17,24H,15-16H2,1-4H3. The fraction of sp³-hybridized carbons (Fsp3) is 0.333. The van der Waals surface area contributed by atoms with Crippen LogP contribution < -0.4 is 4.74 Å². The van der Waals surface area contributed by atoms with E-state index < -0.39 is 17.7 Å². The number of halogens is 3. The highest BCUT2D eigenvalue weighted by Crippen LogP contribution is 2.33. The molecule has 0 saturated heterocycles. The normalized spacial score (nSPS) is 12.8. The summed E-state index contributed by atoms with van der Waals surface area (Å²) in [6.07, 6.45) is -1.31. The number of hydrogen-bond donors (Lipinski definition) is 0. The number of carbonyl (C=O) groups is 1. The van der Waals surface area contributed by atoms with E-state index in [0.29, 0.717) is 22.6 Å². The number of rotatable bonds is 7. The van der Waals surface area contributed by atoms with E-state index in [9.17, 15) is 18.0 Å². The predicted molar refractivity (Wildman–Crippen MR) is 125 cm³/mol. The lowest BCUT2D eigenvalue weighted by Gasteiger charge is -2.24. The van der Waals surface area contributed by atoms with Crippen LogP contribution >= 0.6 is 0 Å². The van der Waals surface area contributed by atoms with Gasteiger partial charge in [-0.2, -0.15) is 13.2 Å². The molecule has 34 heavy (non-hydrogen) atoms. The molecule has 1 heterocycles. The van der Waals surface area contributed by atoms with Crippen LogP contribution in [0.3, 0.4) is 0 Å². The fourth-order valence-corrected chi connectivity index (χ4v) is 3.41. The van der Waals surface area contributed by atoms with Gasteiger partial charge in [0.05, 0.1) is 23.9 Å². The molecule has 3 aromatic rings. The zero-order valence-corrected chi connectivity index (χ0v) is 19.6. The summed E-state index contributed by atoms with van der Waals surface area (Å²) in [7, 11) is 1.33. The topological polar surface area (TPSA) is 48.4 Å². The molecule has 1 unspecified atom stereocenters. The first-order valence-electron chi connectivity index (χ1n) is 10.9. The lowest BCUT2D eigenvalue weighted by molar-refractivity contribution is -0.137. The summed E-state index contributed by atoms with van der Waals surface area (Å²) in [6.45, 7) is 6.46. The number of alkyl halides is 3. The van der Waals surface area contributed by atoms with Crippen molar-refractivity contribution in [1.29, 1.82) is 0 Å². The van der Waals surface area contributed by atoms with Crippen LogP contribution in [0.15, 0.2) is 66.9 Å². The van der Waals surface area contributed by atoms with Crippen molar-refractivity contribution < 1.29 is 27.4 Å². The lowest BCUT2D eigenvalue weighted by atomic mass is 9.88. The SMILES string of the molecule is COC(=O)c1ccc(OC(CCC(C)(C)C)c2ccc(-c3ccc(C(F)(F)F)cc3)nc2)cc1. The number of benzene rings is 2. The van der Waals surface area contributed by atoms with Gasteiger partial charge in [0.15, 0.2) is 0 Å². The molecule has 0 radical (unpaired) electrons. The Hall–Kier alpha value is -3.35. The summed E-state index contributed by atoms with van der Waals surface area (Å²) in [5, 5.41) is 0. The van der Waals surface area contributed by atoms with Crippen LogP contribution in [0.25, 0.3) is 11.3 Å². The van der Waals surface area contributed by atoms with Gasteiger partial charge in [-0.05, 0) is 60.7 Å². The molecule has 1 aromatic heterocycles. The highest BCUT2D eigenvalue weighted by atomic mass is 19.4. The van der Waals surface area contributed by atoms with Crippen LogP contribution in [0.4, 0.5) is 13.2 Å². The Morgan fingerprint density at radius 3 is 2.09 bits per heavy atom. The van der Waals surface area contributed by atoms with Crippen LogP contribution in [0.1, 0.15) is 61.2 Å². The molecule has 4 nitrogen and oxygen atoms in total. The third-order valence-corrected chi connectivity index (χ3v) is 5.38. The number of aromatic nitrogens is 1. The number of esters is 1. The van der Waals surface area contributed by atoms with Crippen LogP contribution in [0.5, 0.6) is 5.75 Å². The van der Waals surface area contributed by atoms with Crippen molar-refractivity contribution >= 4 is 5.97 Å². The second-order valence-electron chi connectivity index (χ2n) is 9.27. The van der Waals surface area contributed by atoms with Gasteiger partial charge in [0.25, 0.3) is 0 Å². The number of methoxy groups -OCH3 is 1. The molecule has 0 amide bonds. The van der Waals surface area contributed by atoms with Crippen molar-refractivity contribution in [2.45, 2.75) is 45.9 Å². The monoisotopic (exact) mass is 471 g/mol. The Morgan fingerprint density at radius 2 is 1.59 bits per heavy atom. The molecule has 7 heteroatoms. The van der Waals surface area contributed by atoms with Crippen LogP contribution in [0, 0.1) is 5.41 Å². The molecular weight excluding hydrogens is 443 g/mol. The van der Waals surface area contributed by atoms with Crippen LogP contribution in [-0.4, -0.2) is 18.1 Å². The Kier molecular flexibility index (Phi) is 7.64. The first-order valence-corrected chi connectivity index (χ1v) is 10.9. The van der Waals surface area contributed by atoms with E-state index >= 15 is 0 Å². The number of pyridine rings is 1. The third-order valence-electron chi connectivity index (χ3n) is 5.38. The van der Waals surface area contributed by atoms with Gasteiger partial charge in [-0.1, -0.05) is 39.0 Å². The number of nitrogens with zero attached hydrogens (tertiary/aromatic N) is 1. The Morgan fingerprint density at radius 1 is 0.941 bits per heavy atom. The van der Waals surface area contributed by atoms with Gasteiger partial charge in [-0.25, -0.2) is 4.79 Å². The zero-order chi connectivity index (χ0) is 24.9. The molecule has 0 spiro atoms. The molecule has 0 aliphatic rings. The van der Waals surface area contributed by atoms with Crippen molar-refractivity contribution in [2.24, 2.45) is 5.41 Å². The minimum absolute atomic E-state index is 0.101. The van der Waals surface area contributed by atoms with E-state index in [1.807, 2.05) is 6.07 Å². The first-order chi connectivity index (χ1) is 16.0. The third kappa shape index (κ3) is 6.83. The largest absolute Gasteiger partial charge is 0.486 e. The van der Waals surface area contributed by atoms with Crippen LogP contribution in [-0.2, 0) is 10.9 Å². The highest BCUT2D eigenvalue weighted by Gasteiger charge is 2.30. The number of hydrogen-bond acceptors (Lipinski definition) is 4. The summed E-state index contributed by atoms with van der Waals surface area (Å²) in [4.78, 5) is 16.1. The van der Waals surface area contributed by atoms with Crippen molar-refractivity contribution in [3.8, 4) is 17.0 Å². The Labute approximate surface area is 197 Å². The van der Waals surface area contributed by atoms with Crippen molar-refractivity contribution in [3.05, 3.63) is 83.6 Å².